The smallest absolute Gasteiger partial charge is 0.367 e. The molecule has 0 aliphatic carbocycles. The molecule has 6 rings (SSSR count). The first-order valence-corrected chi connectivity index (χ1v) is 16.7. The molecule has 48 heavy (non-hydrogen) atoms. The summed E-state index contributed by atoms with van der Waals surface area (Å²) in [7, 11) is 0. The number of para-hydroxylation sites is 1. The van der Waals surface area contributed by atoms with E-state index in [1.807, 2.05) is 48.5 Å². The Balaban J connectivity index is 1.36. The second-order valence-electron chi connectivity index (χ2n) is 11.7. The summed E-state index contributed by atoms with van der Waals surface area (Å²) in [4.78, 5) is 62.6. The van der Waals surface area contributed by atoms with E-state index in [1.54, 1.807) is 57.1 Å². The molecule has 2 atom stereocenters. The zero-order chi connectivity index (χ0) is 33.8. The number of fused-ring (bicyclic) bond motifs is 2. The van der Waals surface area contributed by atoms with Crippen LogP contribution in [-0.2, 0) is 38.5 Å². The Bertz CT molecular complexity index is 1830. The van der Waals surface area contributed by atoms with E-state index in [0.717, 1.165) is 21.4 Å². The van der Waals surface area contributed by atoms with Gasteiger partial charge in [0, 0.05) is 25.9 Å². The zero-order valence-electron chi connectivity index (χ0n) is 26.7. The van der Waals surface area contributed by atoms with Gasteiger partial charge in [0.15, 0.2) is 0 Å². The van der Waals surface area contributed by atoms with Crippen molar-refractivity contribution in [3.05, 3.63) is 107 Å². The second-order valence-corrected chi connectivity index (χ2v) is 12.8. The van der Waals surface area contributed by atoms with E-state index >= 15 is 0 Å². The standard InChI is InChI=1S/C36H37N5O6S/c1-3-19-39-23-32(44)40-28(20-25-13-16-27(42)17-14-25)35(45)38(22-30(40)41(39)31(43)18-15-24-9-6-5-7-10-24)21-26-11-8-12-29-33(26)37-34(48-29)36(46)47-4-2/h3,5-14,16-17,28,30,42H,1,4,15,18-23H2,2H3/t28-,30-/m0/s1. The Kier molecular flexibility index (Phi) is 9.83. The van der Waals surface area contributed by atoms with Crippen molar-refractivity contribution in [3.63, 3.8) is 0 Å². The average Bonchev–Trinajstić information content (AvgIpc) is 3.53. The molecule has 2 aliphatic heterocycles. The molecule has 0 unspecified atom stereocenters. The number of amides is 3. The number of phenols is 1. The van der Waals surface area contributed by atoms with E-state index < -0.39 is 18.2 Å². The van der Waals surface area contributed by atoms with E-state index in [0.29, 0.717) is 11.9 Å². The fraction of sp³-hybridized carbons (Fsp3) is 0.306. The number of thiazole rings is 1. The predicted molar refractivity (Wildman–Crippen MR) is 181 cm³/mol. The molecule has 3 amide bonds. The molecule has 1 aromatic heterocycles. The second kappa shape index (κ2) is 14.4. The molecule has 1 N–H and O–H groups in total. The van der Waals surface area contributed by atoms with Crippen LogP contribution in [0.4, 0.5) is 0 Å². The van der Waals surface area contributed by atoms with Gasteiger partial charge in [-0.3, -0.25) is 14.4 Å². The molecule has 2 aliphatic rings. The van der Waals surface area contributed by atoms with Crippen LogP contribution in [0, 0.1) is 0 Å². The fourth-order valence-electron chi connectivity index (χ4n) is 6.39. The summed E-state index contributed by atoms with van der Waals surface area (Å²) < 4.78 is 5.95. The van der Waals surface area contributed by atoms with E-state index in [1.165, 1.54) is 11.3 Å². The normalized spacial score (nSPS) is 18.2. The number of benzene rings is 3. The van der Waals surface area contributed by atoms with Crippen LogP contribution in [0.1, 0.15) is 39.8 Å². The van der Waals surface area contributed by atoms with E-state index in [9.17, 15) is 24.3 Å². The van der Waals surface area contributed by atoms with Crippen LogP contribution in [0.3, 0.4) is 0 Å². The summed E-state index contributed by atoms with van der Waals surface area (Å²) >= 11 is 1.23. The summed E-state index contributed by atoms with van der Waals surface area (Å²) in [6.45, 7) is 6.25. The summed E-state index contributed by atoms with van der Waals surface area (Å²) in [5.41, 5.74) is 3.11. The van der Waals surface area contributed by atoms with Crippen LogP contribution < -0.4 is 0 Å². The first-order valence-electron chi connectivity index (χ1n) is 15.9. The molecule has 0 bridgehead atoms. The molecule has 2 saturated heterocycles. The van der Waals surface area contributed by atoms with Gasteiger partial charge >= 0.3 is 5.97 Å². The molecule has 3 heterocycles. The topological polar surface area (TPSA) is 124 Å². The Labute approximate surface area is 282 Å². The molecular weight excluding hydrogens is 630 g/mol. The molecule has 4 aromatic rings. The van der Waals surface area contributed by atoms with Crippen molar-refractivity contribution in [2.45, 2.75) is 44.9 Å². The third-order valence-corrected chi connectivity index (χ3v) is 9.58. The third kappa shape index (κ3) is 6.80. The highest BCUT2D eigenvalue weighted by atomic mass is 32.1. The number of piperazine rings is 1. The lowest BCUT2D eigenvalue weighted by Gasteiger charge is -2.55. The van der Waals surface area contributed by atoms with Crippen LogP contribution in [0.15, 0.2) is 85.5 Å². The number of carbonyl (C=O) groups excluding carboxylic acids is 4. The molecule has 0 radical (unpaired) electrons. The maximum absolute atomic E-state index is 14.4. The molecular formula is C36H37N5O6S. The van der Waals surface area contributed by atoms with Gasteiger partial charge in [0.2, 0.25) is 22.7 Å². The van der Waals surface area contributed by atoms with Crippen LogP contribution in [0.2, 0.25) is 0 Å². The highest BCUT2D eigenvalue weighted by Crippen LogP contribution is 2.32. The lowest BCUT2D eigenvalue weighted by molar-refractivity contribution is -0.205. The molecule has 2 fully saturated rings. The van der Waals surface area contributed by atoms with Gasteiger partial charge in [-0.1, -0.05) is 60.7 Å². The first kappa shape index (κ1) is 32.9. The number of rotatable bonds is 11. The van der Waals surface area contributed by atoms with Gasteiger partial charge < -0.3 is 19.6 Å². The summed E-state index contributed by atoms with van der Waals surface area (Å²) in [5, 5.41) is 13.5. The molecule has 248 valence electrons. The Morgan fingerprint density at radius 3 is 2.54 bits per heavy atom. The maximum atomic E-state index is 14.4. The SMILES string of the molecule is C=CCN1CC(=O)N2[C@@H](Cc3ccc(O)cc3)C(=O)N(Cc3cccc4sc(C(=O)OCC)nc34)C[C@@H]2N1C(=O)CCc1ccccc1. The minimum atomic E-state index is -0.902. The summed E-state index contributed by atoms with van der Waals surface area (Å²) in [5.74, 6) is -1.10. The number of aromatic hydroxyl groups is 1. The van der Waals surface area contributed by atoms with Gasteiger partial charge in [-0.2, -0.15) is 0 Å². The zero-order valence-corrected chi connectivity index (χ0v) is 27.5. The number of esters is 1. The van der Waals surface area contributed by atoms with Crippen molar-refractivity contribution in [2.24, 2.45) is 0 Å². The predicted octanol–water partition coefficient (Wildman–Crippen LogP) is 4.16. The summed E-state index contributed by atoms with van der Waals surface area (Å²) in [6.07, 6.45) is 1.82. The van der Waals surface area contributed by atoms with Crippen LogP contribution >= 0.6 is 11.3 Å². The van der Waals surface area contributed by atoms with E-state index in [4.69, 9.17) is 4.74 Å². The number of aryl methyl sites for hydroxylation is 1. The summed E-state index contributed by atoms with van der Waals surface area (Å²) in [6, 6.07) is 21.0. The van der Waals surface area contributed by atoms with Gasteiger partial charge in [0.25, 0.3) is 0 Å². The minimum absolute atomic E-state index is 0.0757. The third-order valence-electron chi connectivity index (χ3n) is 8.58. The van der Waals surface area contributed by atoms with Crippen molar-refractivity contribution >= 4 is 45.2 Å². The first-order chi connectivity index (χ1) is 23.3. The maximum Gasteiger partial charge on any atom is 0.367 e. The Hall–Kier alpha value is -5.07. The van der Waals surface area contributed by atoms with E-state index in [2.05, 4.69) is 11.6 Å². The van der Waals surface area contributed by atoms with Crippen molar-refractivity contribution in [1.82, 2.24) is 24.8 Å². The molecule has 3 aromatic carbocycles. The van der Waals surface area contributed by atoms with Crippen molar-refractivity contribution < 1.29 is 29.0 Å². The quantitative estimate of drug-likeness (QED) is 0.187. The Morgan fingerprint density at radius 1 is 1.04 bits per heavy atom. The highest BCUT2D eigenvalue weighted by molar-refractivity contribution is 7.20. The lowest BCUT2D eigenvalue weighted by Crippen LogP contribution is -2.75. The van der Waals surface area contributed by atoms with Crippen LogP contribution in [0.25, 0.3) is 10.2 Å². The Morgan fingerprint density at radius 2 is 1.81 bits per heavy atom. The van der Waals surface area contributed by atoms with Crippen molar-refractivity contribution in [1.29, 1.82) is 0 Å². The number of hydrazine groups is 1. The molecule has 11 nitrogen and oxygen atoms in total. The minimum Gasteiger partial charge on any atom is -0.508 e. The fourth-order valence-corrected chi connectivity index (χ4v) is 7.30. The van der Waals surface area contributed by atoms with Crippen molar-refractivity contribution in [3.8, 4) is 5.75 Å². The number of phenolic OH excluding ortho intramolecular Hbond substituents is 1. The number of hydrogen-bond donors (Lipinski definition) is 1. The van der Waals surface area contributed by atoms with Gasteiger partial charge in [-0.25, -0.2) is 19.8 Å². The van der Waals surface area contributed by atoms with Gasteiger partial charge in [-0.05, 0) is 48.2 Å². The average molecular weight is 668 g/mol. The monoisotopic (exact) mass is 667 g/mol. The number of aromatic nitrogens is 1. The van der Waals surface area contributed by atoms with Gasteiger partial charge in [-0.15, -0.1) is 17.9 Å². The van der Waals surface area contributed by atoms with E-state index in [-0.39, 0.29) is 74.1 Å². The van der Waals surface area contributed by atoms with Gasteiger partial charge in [0.05, 0.1) is 29.9 Å². The van der Waals surface area contributed by atoms with Crippen LogP contribution in [0.5, 0.6) is 5.75 Å². The highest BCUT2D eigenvalue weighted by Gasteiger charge is 2.51. The van der Waals surface area contributed by atoms with Gasteiger partial charge in [0.1, 0.15) is 18.0 Å². The molecule has 0 saturated carbocycles. The van der Waals surface area contributed by atoms with Crippen molar-refractivity contribution in [2.75, 3.05) is 26.2 Å². The lowest BCUT2D eigenvalue weighted by atomic mass is 9.98. The number of hydrogen-bond acceptors (Lipinski definition) is 9. The molecule has 12 heteroatoms. The van der Waals surface area contributed by atoms with Crippen LogP contribution in [-0.4, -0.2) is 92.0 Å². The number of carbonyl (C=O) groups is 4. The number of ether oxygens (including phenoxy) is 1. The number of nitrogens with zero attached hydrogens (tertiary/aromatic N) is 5. The largest absolute Gasteiger partial charge is 0.508 e. The molecule has 0 spiro atoms.